The van der Waals surface area contributed by atoms with E-state index in [4.69, 9.17) is 4.74 Å². The van der Waals surface area contributed by atoms with Gasteiger partial charge in [0.2, 0.25) is 0 Å². The van der Waals surface area contributed by atoms with Gasteiger partial charge < -0.3 is 20.1 Å². The first kappa shape index (κ1) is 13.8. The first-order valence-electron chi connectivity index (χ1n) is 6.07. The van der Waals surface area contributed by atoms with Crippen molar-refractivity contribution in [3.8, 4) is 0 Å². The molecule has 5 nitrogen and oxygen atoms in total. The standard InChI is InChI=1S/C12H18IN3O2/c1-9(17)8-14-11-6-10(13)7-12(15-11)16-2-4-18-5-3-16/h6-7,9,17H,2-5,8H2,1H3,(H,14,15)/t9-/m1/s1. The molecule has 2 N–H and O–H groups in total. The van der Waals surface area contributed by atoms with Crippen LogP contribution in [0.4, 0.5) is 11.6 Å². The van der Waals surface area contributed by atoms with Crippen molar-refractivity contribution >= 4 is 34.2 Å². The minimum absolute atomic E-state index is 0.378. The number of anilines is 2. The van der Waals surface area contributed by atoms with Crippen LogP contribution in [0, 0.1) is 3.57 Å². The highest BCUT2D eigenvalue weighted by Gasteiger charge is 2.13. The Hall–Kier alpha value is -0.600. The number of nitrogens with zero attached hydrogens (tertiary/aromatic N) is 2. The van der Waals surface area contributed by atoms with Crippen LogP contribution in [0.3, 0.4) is 0 Å². The van der Waals surface area contributed by atoms with Gasteiger partial charge in [-0.25, -0.2) is 4.98 Å². The van der Waals surface area contributed by atoms with Gasteiger partial charge in [-0.3, -0.25) is 0 Å². The monoisotopic (exact) mass is 363 g/mol. The number of morpholine rings is 1. The predicted molar refractivity (Wildman–Crippen MR) is 80.2 cm³/mol. The van der Waals surface area contributed by atoms with Crippen molar-refractivity contribution in [2.24, 2.45) is 0 Å². The molecule has 0 spiro atoms. The van der Waals surface area contributed by atoms with Crippen LogP contribution in [0.1, 0.15) is 6.92 Å². The molecule has 0 unspecified atom stereocenters. The maximum atomic E-state index is 9.28. The molecule has 0 aliphatic carbocycles. The van der Waals surface area contributed by atoms with Gasteiger partial charge in [-0.2, -0.15) is 0 Å². The Morgan fingerprint density at radius 3 is 2.89 bits per heavy atom. The van der Waals surface area contributed by atoms with Gasteiger partial charge in [0.25, 0.3) is 0 Å². The maximum absolute atomic E-state index is 9.28. The highest BCUT2D eigenvalue weighted by atomic mass is 127. The number of rotatable bonds is 4. The second kappa shape index (κ2) is 6.53. The molecule has 0 radical (unpaired) electrons. The number of aromatic nitrogens is 1. The van der Waals surface area contributed by atoms with E-state index in [-0.39, 0.29) is 6.10 Å². The molecule has 2 heterocycles. The molecule has 0 saturated carbocycles. The molecule has 1 aromatic heterocycles. The zero-order valence-electron chi connectivity index (χ0n) is 10.4. The van der Waals surface area contributed by atoms with Crippen molar-refractivity contribution in [2.45, 2.75) is 13.0 Å². The lowest BCUT2D eigenvalue weighted by atomic mass is 10.3. The van der Waals surface area contributed by atoms with Crippen molar-refractivity contribution in [2.75, 3.05) is 43.1 Å². The Morgan fingerprint density at radius 1 is 1.50 bits per heavy atom. The Kier molecular flexibility index (Phi) is 5.02. The van der Waals surface area contributed by atoms with E-state index in [9.17, 15) is 5.11 Å². The van der Waals surface area contributed by atoms with Gasteiger partial charge >= 0.3 is 0 Å². The van der Waals surface area contributed by atoms with Gasteiger partial charge in [-0.1, -0.05) is 0 Å². The Labute approximate surface area is 121 Å². The topological polar surface area (TPSA) is 57.6 Å². The van der Waals surface area contributed by atoms with Gasteiger partial charge in [0.1, 0.15) is 11.6 Å². The van der Waals surface area contributed by atoms with Crippen LogP contribution in [0.2, 0.25) is 0 Å². The molecule has 0 aromatic carbocycles. The Bertz CT molecular complexity index is 395. The summed E-state index contributed by atoms with van der Waals surface area (Å²) in [5.74, 6) is 1.78. The number of ether oxygens (including phenoxy) is 1. The van der Waals surface area contributed by atoms with E-state index in [1.807, 2.05) is 6.07 Å². The summed E-state index contributed by atoms with van der Waals surface area (Å²) in [6.45, 7) is 5.53. The van der Waals surface area contributed by atoms with Crippen LogP contribution >= 0.6 is 22.6 Å². The summed E-state index contributed by atoms with van der Waals surface area (Å²) in [7, 11) is 0. The van der Waals surface area contributed by atoms with Crippen molar-refractivity contribution in [3.05, 3.63) is 15.7 Å². The van der Waals surface area contributed by atoms with Crippen molar-refractivity contribution in [1.82, 2.24) is 4.98 Å². The summed E-state index contributed by atoms with van der Waals surface area (Å²) in [4.78, 5) is 6.79. The summed E-state index contributed by atoms with van der Waals surface area (Å²) >= 11 is 2.28. The highest BCUT2D eigenvalue weighted by molar-refractivity contribution is 14.1. The lowest BCUT2D eigenvalue weighted by Crippen LogP contribution is -2.36. The molecule has 1 saturated heterocycles. The second-order valence-corrected chi connectivity index (χ2v) is 5.60. The predicted octanol–water partition coefficient (Wildman–Crippen LogP) is 1.32. The lowest BCUT2D eigenvalue weighted by molar-refractivity contribution is 0.122. The summed E-state index contributed by atoms with van der Waals surface area (Å²) in [6.07, 6.45) is -0.378. The highest BCUT2D eigenvalue weighted by Crippen LogP contribution is 2.20. The van der Waals surface area contributed by atoms with E-state index >= 15 is 0 Å². The van der Waals surface area contributed by atoms with Crippen molar-refractivity contribution < 1.29 is 9.84 Å². The van der Waals surface area contributed by atoms with E-state index in [0.29, 0.717) is 6.54 Å². The summed E-state index contributed by atoms with van der Waals surface area (Å²) in [5, 5.41) is 12.4. The smallest absolute Gasteiger partial charge is 0.132 e. The minimum Gasteiger partial charge on any atom is -0.392 e. The molecule has 0 amide bonds. The molecule has 1 fully saturated rings. The number of pyridine rings is 1. The fourth-order valence-electron chi connectivity index (χ4n) is 1.78. The molecule has 18 heavy (non-hydrogen) atoms. The van der Waals surface area contributed by atoms with E-state index in [1.54, 1.807) is 6.92 Å². The first-order chi connectivity index (χ1) is 8.65. The quantitative estimate of drug-likeness (QED) is 0.791. The summed E-state index contributed by atoms with van der Waals surface area (Å²) in [6, 6.07) is 4.05. The molecule has 1 atom stereocenters. The Balaban J connectivity index is 2.09. The number of nitrogens with one attached hydrogen (secondary N) is 1. The number of hydrogen-bond acceptors (Lipinski definition) is 5. The zero-order chi connectivity index (χ0) is 13.0. The first-order valence-corrected chi connectivity index (χ1v) is 7.15. The molecule has 1 aliphatic heterocycles. The largest absolute Gasteiger partial charge is 0.392 e. The van der Waals surface area contributed by atoms with Gasteiger partial charge in [-0.15, -0.1) is 0 Å². The third kappa shape index (κ3) is 3.96. The SMILES string of the molecule is C[C@@H](O)CNc1cc(I)cc(N2CCOCC2)n1. The van der Waals surface area contributed by atoms with E-state index < -0.39 is 0 Å². The van der Waals surface area contributed by atoms with Gasteiger partial charge in [0.15, 0.2) is 0 Å². The Morgan fingerprint density at radius 2 is 2.22 bits per heavy atom. The minimum atomic E-state index is -0.378. The molecule has 2 rings (SSSR count). The molecular weight excluding hydrogens is 345 g/mol. The molecule has 0 bridgehead atoms. The third-order valence-corrected chi connectivity index (χ3v) is 3.31. The van der Waals surface area contributed by atoms with Crippen LogP contribution in [-0.2, 0) is 4.74 Å². The fourth-order valence-corrected chi connectivity index (χ4v) is 2.35. The molecule has 6 heteroatoms. The average molecular weight is 363 g/mol. The van der Waals surface area contributed by atoms with E-state index in [2.05, 4.69) is 43.9 Å². The van der Waals surface area contributed by atoms with Crippen molar-refractivity contribution in [3.63, 3.8) is 0 Å². The number of aliphatic hydroxyl groups is 1. The lowest BCUT2D eigenvalue weighted by Gasteiger charge is -2.28. The fraction of sp³-hybridized carbons (Fsp3) is 0.583. The van der Waals surface area contributed by atoms with E-state index in [0.717, 1.165) is 41.5 Å². The summed E-state index contributed by atoms with van der Waals surface area (Å²) in [5.41, 5.74) is 0. The van der Waals surface area contributed by atoms with Crippen molar-refractivity contribution in [1.29, 1.82) is 0 Å². The molecular formula is C12H18IN3O2. The zero-order valence-corrected chi connectivity index (χ0v) is 12.6. The average Bonchev–Trinajstić information content (AvgIpc) is 2.37. The van der Waals surface area contributed by atoms with Gasteiger partial charge in [-0.05, 0) is 41.6 Å². The van der Waals surface area contributed by atoms with Crippen LogP contribution in [0.15, 0.2) is 12.1 Å². The number of aliphatic hydroxyl groups excluding tert-OH is 1. The van der Waals surface area contributed by atoms with Gasteiger partial charge in [0, 0.05) is 23.2 Å². The number of hydrogen-bond donors (Lipinski definition) is 2. The summed E-state index contributed by atoms with van der Waals surface area (Å²) < 4.78 is 6.48. The normalized spacial score (nSPS) is 17.6. The van der Waals surface area contributed by atoms with Crippen LogP contribution in [0.25, 0.3) is 0 Å². The molecule has 100 valence electrons. The second-order valence-electron chi connectivity index (χ2n) is 4.36. The number of halogens is 1. The van der Waals surface area contributed by atoms with E-state index in [1.165, 1.54) is 0 Å². The van der Waals surface area contributed by atoms with Crippen LogP contribution < -0.4 is 10.2 Å². The third-order valence-electron chi connectivity index (χ3n) is 2.69. The molecule has 1 aromatic rings. The van der Waals surface area contributed by atoms with Crippen LogP contribution in [0.5, 0.6) is 0 Å². The van der Waals surface area contributed by atoms with Crippen LogP contribution in [-0.4, -0.2) is 49.0 Å². The molecule has 1 aliphatic rings. The van der Waals surface area contributed by atoms with Gasteiger partial charge in [0.05, 0.1) is 19.3 Å². The maximum Gasteiger partial charge on any atom is 0.132 e.